The topological polar surface area (TPSA) is 57.6 Å². The summed E-state index contributed by atoms with van der Waals surface area (Å²) in [6, 6.07) is 16.6. The van der Waals surface area contributed by atoms with Crippen LogP contribution in [0.3, 0.4) is 0 Å². The molecular formula is C19H21NO3. The summed E-state index contributed by atoms with van der Waals surface area (Å²) >= 11 is 0. The van der Waals surface area contributed by atoms with Crippen molar-refractivity contribution in [1.82, 2.24) is 4.90 Å². The van der Waals surface area contributed by atoms with Gasteiger partial charge in [-0.2, -0.15) is 0 Å². The SMILES string of the molecule is CC(C(=O)O)N(C)C(=O)c1ccccc1CCc1ccccc1. The Bertz CT molecular complexity index is 682. The molecule has 2 rings (SSSR count). The van der Waals surface area contributed by atoms with E-state index < -0.39 is 12.0 Å². The number of aliphatic carboxylic acids is 1. The molecule has 1 amide bonds. The first-order valence-electron chi connectivity index (χ1n) is 7.62. The number of likely N-dealkylation sites (N-methyl/N-ethyl adjacent to an activating group) is 1. The zero-order chi connectivity index (χ0) is 16.8. The third-order valence-electron chi connectivity index (χ3n) is 4.03. The Balaban J connectivity index is 2.17. The summed E-state index contributed by atoms with van der Waals surface area (Å²) in [4.78, 5) is 24.9. The van der Waals surface area contributed by atoms with Gasteiger partial charge in [-0.15, -0.1) is 0 Å². The van der Waals surface area contributed by atoms with Crippen molar-refractivity contribution in [3.05, 3.63) is 71.3 Å². The van der Waals surface area contributed by atoms with Crippen molar-refractivity contribution in [3.63, 3.8) is 0 Å². The molecule has 1 N–H and O–H groups in total. The number of hydrogen-bond donors (Lipinski definition) is 1. The lowest BCUT2D eigenvalue weighted by Gasteiger charge is -2.22. The van der Waals surface area contributed by atoms with Crippen LogP contribution in [0.4, 0.5) is 0 Å². The summed E-state index contributed by atoms with van der Waals surface area (Å²) in [5.74, 6) is -1.27. The molecule has 2 aromatic rings. The number of rotatable bonds is 6. The smallest absolute Gasteiger partial charge is 0.326 e. The summed E-state index contributed by atoms with van der Waals surface area (Å²) in [5, 5.41) is 9.08. The lowest BCUT2D eigenvalue weighted by Crippen LogP contribution is -2.40. The highest BCUT2D eigenvalue weighted by molar-refractivity contribution is 5.97. The van der Waals surface area contributed by atoms with Gasteiger partial charge in [-0.1, -0.05) is 48.5 Å². The van der Waals surface area contributed by atoms with Crippen LogP contribution < -0.4 is 0 Å². The molecule has 4 heteroatoms. The Morgan fingerprint density at radius 3 is 2.26 bits per heavy atom. The van der Waals surface area contributed by atoms with Gasteiger partial charge in [-0.3, -0.25) is 4.79 Å². The fourth-order valence-corrected chi connectivity index (χ4v) is 2.40. The van der Waals surface area contributed by atoms with Gasteiger partial charge in [0.2, 0.25) is 0 Å². The number of carbonyl (C=O) groups is 2. The van der Waals surface area contributed by atoms with E-state index in [4.69, 9.17) is 5.11 Å². The standard InChI is InChI=1S/C19H21NO3/c1-14(19(22)23)20(2)18(21)17-11-7-6-10-16(17)13-12-15-8-4-3-5-9-15/h3-11,14H,12-13H2,1-2H3,(H,22,23). The molecule has 0 aliphatic rings. The van der Waals surface area contributed by atoms with E-state index in [-0.39, 0.29) is 5.91 Å². The Morgan fingerprint density at radius 1 is 1.00 bits per heavy atom. The van der Waals surface area contributed by atoms with Crippen LogP contribution in [0, 0.1) is 0 Å². The Hall–Kier alpha value is -2.62. The third kappa shape index (κ3) is 4.19. The molecule has 0 aromatic heterocycles. The maximum atomic E-state index is 12.6. The number of carboxylic acids is 1. The molecule has 0 aliphatic heterocycles. The van der Waals surface area contributed by atoms with Gasteiger partial charge in [0.15, 0.2) is 0 Å². The number of carboxylic acid groups (broad SMARTS) is 1. The van der Waals surface area contributed by atoms with E-state index in [9.17, 15) is 9.59 Å². The molecule has 0 spiro atoms. The van der Waals surface area contributed by atoms with Gasteiger partial charge < -0.3 is 10.0 Å². The summed E-state index contributed by atoms with van der Waals surface area (Å²) in [6.45, 7) is 1.51. The van der Waals surface area contributed by atoms with E-state index in [2.05, 4.69) is 12.1 Å². The summed E-state index contributed by atoms with van der Waals surface area (Å²) < 4.78 is 0. The quantitative estimate of drug-likeness (QED) is 0.892. The molecular weight excluding hydrogens is 290 g/mol. The molecule has 0 aliphatic carbocycles. The first-order valence-corrected chi connectivity index (χ1v) is 7.62. The van der Waals surface area contributed by atoms with Crippen LogP contribution in [0.1, 0.15) is 28.4 Å². The molecule has 23 heavy (non-hydrogen) atoms. The Kier molecular flexibility index (Phi) is 5.52. The van der Waals surface area contributed by atoms with Gasteiger partial charge >= 0.3 is 5.97 Å². The predicted octanol–water partition coefficient (Wildman–Crippen LogP) is 3.02. The average Bonchev–Trinajstić information content (AvgIpc) is 2.59. The zero-order valence-electron chi connectivity index (χ0n) is 13.4. The van der Waals surface area contributed by atoms with E-state index in [0.717, 1.165) is 18.4 Å². The lowest BCUT2D eigenvalue weighted by atomic mass is 9.99. The van der Waals surface area contributed by atoms with Crippen molar-refractivity contribution in [1.29, 1.82) is 0 Å². The predicted molar refractivity (Wildman–Crippen MR) is 89.5 cm³/mol. The number of carbonyl (C=O) groups excluding carboxylic acids is 1. The number of nitrogens with zero attached hydrogens (tertiary/aromatic N) is 1. The summed E-state index contributed by atoms with van der Waals surface area (Å²) in [7, 11) is 1.52. The monoisotopic (exact) mass is 311 g/mol. The molecule has 0 saturated heterocycles. The van der Waals surface area contributed by atoms with Crippen molar-refractivity contribution < 1.29 is 14.7 Å². The fraction of sp³-hybridized carbons (Fsp3) is 0.263. The van der Waals surface area contributed by atoms with Crippen LogP contribution in [-0.2, 0) is 17.6 Å². The van der Waals surface area contributed by atoms with Crippen molar-refractivity contribution in [2.24, 2.45) is 0 Å². The van der Waals surface area contributed by atoms with Gasteiger partial charge in [0.1, 0.15) is 6.04 Å². The van der Waals surface area contributed by atoms with E-state index in [0.29, 0.717) is 5.56 Å². The number of benzene rings is 2. The first kappa shape index (κ1) is 16.7. The molecule has 2 aromatic carbocycles. The molecule has 1 atom stereocenters. The Morgan fingerprint density at radius 2 is 1.61 bits per heavy atom. The van der Waals surface area contributed by atoms with E-state index in [1.54, 1.807) is 12.1 Å². The number of hydrogen-bond acceptors (Lipinski definition) is 2. The van der Waals surface area contributed by atoms with E-state index >= 15 is 0 Å². The normalized spacial score (nSPS) is 11.7. The Labute approximate surface area is 136 Å². The molecule has 0 fully saturated rings. The molecule has 0 heterocycles. The molecule has 0 bridgehead atoms. The first-order chi connectivity index (χ1) is 11.0. The second-order valence-corrected chi connectivity index (χ2v) is 5.57. The maximum absolute atomic E-state index is 12.6. The fourth-order valence-electron chi connectivity index (χ4n) is 2.40. The van der Waals surface area contributed by atoms with Gasteiger partial charge in [-0.05, 0) is 37.0 Å². The maximum Gasteiger partial charge on any atom is 0.326 e. The minimum absolute atomic E-state index is 0.261. The molecule has 1 unspecified atom stereocenters. The van der Waals surface area contributed by atoms with Gasteiger partial charge in [-0.25, -0.2) is 4.79 Å². The summed E-state index contributed by atoms with van der Waals surface area (Å²) in [5.41, 5.74) is 2.71. The second kappa shape index (κ2) is 7.58. The molecule has 4 nitrogen and oxygen atoms in total. The van der Waals surface area contributed by atoms with Crippen LogP contribution in [0.25, 0.3) is 0 Å². The number of amides is 1. The highest BCUT2D eigenvalue weighted by Gasteiger charge is 2.24. The van der Waals surface area contributed by atoms with Gasteiger partial charge in [0, 0.05) is 12.6 Å². The van der Waals surface area contributed by atoms with Crippen LogP contribution in [-0.4, -0.2) is 35.0 Å². The second-order valence-electron chi connectivity index (χ2n) is 5.57. The van der Waals surface area contributed by atoms with Crippen LogP contribution in [0.5, 0.6) is 0 Å². The van der Waals surface area contributed by atoms with Gasteiger partial charge in [0.05, 0.1) is 0 Å². The highest BCUT2D eigenvalue weighted by atomic mass is 16.4. The minimum Gasteiger partial charge on any atom is -0.480 e. The van der Waals surface area contributed by atoms with Crippen LogP contribution in [0.2, 0.25) is 0 Å². The highest BCUT2D eigenvalue weighted by Crippen LogP contribution is 2.15. The molecule has 0 radical (unpaired) electrons. The van der Waals surface area contributed by atoms with E-state index in [1.807, 2.05) is 30.3 Å². The average molecular weight is 311 g/mol. The molecule has 120 valence electrons. The minimum atomic E-state index is -1.01. The molecule has 0 saturated carbocycles. The van der Waals surface area contributed by atoms with Gasteiger partial charge in [0.25, 0.3) is 5.91 Å². The van der Waals surface area contributed by atoms with Crippen LogP contribution in [0.15, 0.2) is 54.6 Å². The van der Waals surface area contributed by atoms with Crippen molar-refractivity contribution in [2.75, 3.05) is 7.05 Å². The van der Waals surface area contributed by atoms with Crippen molar-refractivity contribution >= 4 is 11.9 Å². The van der Waals surface area contributed by atoms with Crippen LogP contribution >= 0.6 is 0 Å². The van der Waals surface area contributed by atoms with Crippen molar-refractivity contribution in [2.45, 2.75) is 25.8 Å². The summed E-state index contributed by atoms with van der Waals surface area (Å²) in [6.07, 6.45) is 1.57. The lowest BCUT2D eigenvalue weighted by molar-refractivity contribution is -0.141. The van der Waals surface area contributed by atoms with E-state index in [1.165, 1.54) is 24.4 Å². The zero-order valence-corrected chi connectivity index (χ0v) is 13.4. The largest absolute Gasteiger partial charge is 0.480 e. The third-order valence-corrected chi connectivity index (χ3v) is 4.03. The van der Waals surface area contributed by atoms with Crippen molar-refractivity contribution in [3.8, 4) is 0 Å². The number of aryl methyl sites for hydroxylation is 2.